The van der Waals surface area contributed by atoms with Gasteiger partial charge in [0.1, 0.15) is 17.1 Å². The number of carbonyl (C=O) groups excluding carboxylic acids is 1. The molecule has 4 rings (SSSR count). The van der Waals surface area contributed by atoms with E-state index in [9.17, 15) is 9.18 Å². The van der Waals surface area contributed by atoms with Crippen LogP contribution in [0.25, 0.3) is 10.9 Å². The van der Waals surface area contributed by atoms with Crippen LogP contribution < -0.4 is 10.1 Å². The van der Waals surface area contributed by atoms with Gasteiger partial charge in [-0.3, -0.25) is 9.78 Å². The Morgan fingerprint density at radius 3 is 2.60 bits per heavy atom. The number of carbonyl (C=O) groups is 1. The van der Waals surface area contributed by atoms with Crippen LogP contribution in [0.4, 0.5) is 10.1 Å². The molecular formula is C25H27FN2O2. The second kappa shape index (κ2) is 8.82. The zero-order valence-electron chi connectivity index (χ0n) is 17.3. The van der Waals surface area contributed by atoms with E-state index in [2.05, 4.69) is 17.2 Å². The zero-order chi connectivity index (χ0) is 21.0. The normalized spacial score (nSPS) is 15.7. The smallest absolute Gasteiger partial charge is 0.235 e. The molecule has 1 N–H and O–H groups in total. The molecule has 1 fully saturated rings. The molecule has 0 atom stereocenters. The molecule has 1 aliphatic rings. The van der Waals surface area contributed by atoms with Crippen molar-refractivity contribution < 1.29 is 13.9 Å². The van der Waals surface area contributed by atoms with Gasteiger partial charge in [-0.1, -0.05) is 38.3 Å². The molecule has 156 valence electrons. The van der Waals surface area contributed by atoms with Crippen LogP contribution in [-0.2, 0) is 10.2 Å². The number of halogens is 1. The molecule has 3 aromatic rings. The van der Waals surface area contributed by atoms with Crippen LogP contribution in [0.1, 0.15) is 51.0 Å². The maximum atomic E-state index is 13.6. The minimum absolute atomic E-state index is 0.0406. The van der Waals surface area contributed by atoms with Gasteiger partial charge in [-0.15, -0.1) is 0 Å². The summed E-state index contributed by atoms with van der Waals surface area (Å²) in [6, 6.07) is 13.9. The molecule has 1 amide bonds. The van der Waals surface area contributed by atoms with E-state index in [1.807, 2.05) is 24.3 Å². The van der Waals surface area contributed by atoms with E-state index < -0.39 is 5.41 Å². The van der Waals surface area contributed by atoms with Gasteiger partial charge in [-0.05, 0) is 61.2 Å². The summed E-state index contributed by atoms with van der Waals surface area (Å²) in [5.41, 5.74) is 1.70. The summed E-state index contributed by atoms with van der Waals surface area (Å²) in [6.07, 6.45) is 7.25. The highest BCUT2D eigenvalue weighted by Gasteiger charge is 2.41. The quantitative estimate of drug-likeness (QED) is 0.546. The number of anilines is 1. The lowest BCUT2D eigenvalue weighted by atomic mass is 9.68. The number of nitrogens with zero attached hydrogens (tertiary/aromatic N) is 1. The SMILES string of the molecule is CCCOc1ccc(NC(=O)C2(c3ccc(F)cc3)CCCCC2)c2cccnc12. The first-order valence-electron chi connectivity index (χ1n) is 10.7. The predicted molar refractivity (Wildman–Crippen MR) is 117 cm³/mol. The largest absolute Gasteiger partial charge is 0.491 e. The first-order valence-corrected chi connectivity index (χ1v) is 10.7. The summed E-state index contributed by atoms with van der Waals surface area (Å²) >= 11 is 0. The molecule has 0 radical (unpaired) electrons. The van der Waals surface area contributed by atoms with Crippen LogP contribution in [-0.4, -0.2) is 17.5 Å². The molecule has 1 aromatic heterocycles. The molecule has 0 bridgehead atoms. The van der Waals surface area contributed by atoms with Crippen molar-refractivity contribution in [3.8, 4) is 5.75 Å². The van der Waals surface area contributed by atoms with Crippen LogP contribution in [0.3, 0.4) is 0 Å². The fourth-order valence-corrected chi connectivity index (χ4v) is 4.40. The van der Waals surface area contributed by atoms with Gasteiger partial charge in [-0.25, -0.2) is 4.39 Å². The number of fused-ring (bicyclic) bond motifs is 1. The first-order chi connectivity index (χ1) is 14.6. The number of nitrogens with one attached hydrogen (secondary N) is 1. The second-order valence-corrected chi connectivity index (χ2v) is 7.96. The zero-order valence-corrected chi connectivity index (χ0v) is 17.3. The summed E-state index contributed by atoms with van der Waals surface area (Å²) in [4.78, 5) is 18.1. The Hall–Kier alpha value is -2.95. The molecule has 0 aliphatic heterocycles. The minimum Gasteiger partial charge on any atom is -0.491 e. The Balaban J connectivity index is 1.69. The number of hydrogen-bond donors (Lipinski definition) is 1. The van der Waals surface area contributed by atoms with Gasteiger partial charge < -0.3 is 10.1 Å². The average molecular weight is 407 g/mol. The van der Waals surface area contributed by atoms with Crippen molar-refractivity contribution in [2.24, 2.45) is 0 Å². The molecule has 5 heteroatoms. The van der Waals surface area contributed by atoms with Gasteiger partial charge in [0, 0.05) is 11.6 Å². The fraction of sp³-hybridized carbons (Fsp3) is 0.360. The predicted octanol–water partition coefficient (Wildman–Crippen LogP) is 6.00. The van der Waals surface area contributed by atoms with Gasteiger partial charge in [0.2, 0.25) is 5.91 Å². The van der Waals surface area contributed by atoms with Gasteiger partial charge >= 0.3 is 0 Å². The van der Waals surface area contributed by atoms with Crippen LogP contribution in [0, 0.1) is 5.82 Å². The maximum Gasteiger partial charge on any atom is 0.235 e. The Morgan fingerprint density at radius 2 is 1.87 bits per heavy atom. The second-order valence-electron chi connectivity index (χ2n) is 7.96. The fourth-order valence-electron chi connectivity index (χ4n) is 4.40. The number of hydrogen-bond acceptors (Lipinski definition) is 3. The molecule has 1 saturated carbocycles. The molecular weight excluding hydrogens is 379 g/mol. The lowest BCUT2D eigenvalue weighted by molar-refractivity contribution is -0.122. The molecule has 0 spiro atoms. The van der Waals surface area contributed by atoms with Crippen LogP contribution >= 0.6 is 0 Å². The van der Waals surface area contributed by atoms with E-state index in [0.717, 1.165) is 66.4 Å². The third-order valence-electron chi connectivity index (χ3n) is 5.98. The van der Waals surface area contributed by atoms with Crippen molar-refractivity contribution in [3.05, 3.63) is 66.1 Å². The highest BCUT2D eigenvalue weighted by molar-refractivity contribution is 6.06. The topological polar surface area (TPSA) is 51.2 Å². The van der Waals surface area contributed by atoms with Crippen LogP contribution in [0.2, 0.25) is 0 Å². The maximum absolute atomic E-state index is 13.6. The summed E-state index contributed by atoms with van der Waals surface area (Å²) < 4.78 is 19.3. The highest BCUT2D eigenvalue weighted by Crippen LogP contribution is 2.41. The van der Waals surface area contributed by atoms with Gasteiger partial charge in [-0.2, -0.15) is 0 Å². The van der Waals surface area contributed by atoms with E-state index in [4.69, 9.17) is 4.74 Å². The van der Waals surface area contributed by atoms with E-state index >= 15 is 0 Å². The Morgan fingerprint density at radius 1 is 1.10 bits per heavy atom. The Kier molecular flexibility index (Phi) is 5.98. The molecule has 2 aromatic carbocycles. The average Bonchev–Trinajstić information content (AvgIpc) is 2.79. The van der Waals surface area contributed by atoms with Gasteiger partial charge in [0.25, 0.3) is 0 Å². The molecule has 4 nitrogen and oxygen atoms in total. The summed E-state index contributed by atoms with van der Waals surface area (Å²) in [5.74, 6) is 0.391. The van der Waals surface area contributed by atoms with Crippen molar-refractivity contribution in [1.82, 2.24) is 4.98 Å². The van der Waals surface area contributed by atoms with E-state index in [1.165, 1.54) is 12.1 Å². The molecule has 0 saturated heterocycles. The lowest BCUT2D eigenvalue weighted by Gasteiger charge is -2.36. The Labute approximate surface area is 176 Å². The van der Waals surface area contributed by atoms with E-state index in [-0.39, 0.29) is 11.7 Å². The highest BCUT2D eigenvalue weighted by atomic mass is 19.1. The molecule has 0 unspecified atom stereocenters. The third-order valence-corrected chi connectivity index (χ3v) is 5.98. The van der Waals surface area contributed by atoms with Crippen LogP contribution in [0.15, 0.2) is 54.7 Å². The Bertz CT molecular complexity index is 1030. The van der Waals surface area contributed by atoms with E-state index in [1.54, 1.807) is 18.3 Å². The number of pyridine rings is 1. The third kappa shape index (κ3) is 3.89. The lowest BCUT2D eigenvalue weighted by Crippen LogP contribution is -2.42. The van der Waals surface area contributed by atoms with Gasteiger partial charge in [0.05, 0.1) is 17.7 Å². The monoisotopic (exact) mass is 406 g/mol. The number of ether oxygens (including phenoxy) is 1. The molecule has 1 aliphatic carbocycles. The van der Waals surface area contributed by atoms with Crippen molar-refractivity contribution in [1.29, 1.82) is 0 Å². The minimum atomic E-state index is -0.641. The standard InChI is InChI=1S/C25H27FN2O2/c1-2-17-30-22-13-12-21(20-7-6-16-27-23(20)22)28-24(29)25(14-4-3-5-15-25)18-8-10-19(26)11-9-18/h6-13,16H,2-5,14-15,17H2,1H3,(H,28,29). The molecule has 1 heterocycles. The van der Waals surface area contributed by atoms with Crippen molar-refractivity contribution >= 4 is 22.5 Å². The van der Waals surface area contributed by atoms with Crippen molar-refractivity contribution in [3.63, 3.8) is 0 Å². The van der Waals surface area contributed by atoms with Gasteiger partial charge in [0.15, 0.2) is 0 Å². The van der Waals surface area contributed by atoms with E-state index in [0.29, 0.717) is 6.61 Å². The van der Waals surface area contributed by atoms with Crippen molar-refractivity contribution in [2.75, 3.05) is 11.9 Å². The summed E-state index contributed by atoms with van der Waals surface area (Å²) in [7, 11) is 0. The number of benzene rings is 2. The summed E-state index contributed by atoms with van der Waals surface area (Å²) in [5, 5.41) is 4.02. The molecule has 30 heavy (non-hydrogen) atoms. The number of amides is 1. The number of rotatable bonds is 6. The first kappa shape index (κ1) is 20.3. The van der Waals surface area contributed by atoms with Crippen LogP contribution in [0.5, 0.6) is 5.75 Å². The summed E-state index contributed by atoms with van der Waals surface area (Å²) in [6.45, 7) is 2.67. The van der Waals surface area contributed by atoms with Crippen molar-refractivity contribution in [2.45, 2.75) is 50.9 Å². The number of aromatic nitrogens is 1.